The summed E-state index contributed by atoms with van der Waals surface area (Å²) in [5.41, 5.74) is 4.57. The first kappa shape index (κ1) is 23.3. The summed E-state index contributed by atoms with van der Waals surface area (Å²) in [6.07, 6.45) is 2.13. The molecule has 0 aliphatic rings. The van der Waals surface area contributed by atoms with Crippen LogP contribution in [0.5, 0.6) is 0 Å². The molecule has 4 heteroatoms. The van der Waals surface area contributed by atoms with Crippen LogP contribution in [0.2, 0.25) is 0 Å². The maximum absolute atomic E-state index is 12.9. The number of nitrogens with one attached hydrogen (secondary N) is 2. The Hall–Kier alpha value is -3.40. The van der Waals surface area contributed by atoms with Gasteiger partial charge in [-0.25, -0.2) is 0 Å². The van der Waals surface area contributed by atoms with Gasteiger partial charge in [0.1, 0.15) is 0 Å². The van der Waals surface area contributed by atoms with Crippen molar-refractivity contribution in [2.24, 2.45) is 0 Å². The van der Waals surface area contributed by atoms with E-state index in [1.165, 1.54) is 11.1 Å². The number of carbonyl (C=O) groups is 2. The number of benzene rings is 3. The minimum absolute atomic E-state index is 0.306. The molecule has 0 radical (unpaired) electrons. The molecule has 3 aromatic rings. The molecule has 0 aliphatic carbocycles. The molecule has 0 bridgehead atoms. The summed E-state index contributed by atoms with van der Waals surface area (Å²) >= 11 is 0. The van der Waals surface area contributed by atoms with E-state index in [9.17, 15) is 9.59 Å². The Bertz CT molecular complexity index is 969. The molecule has 2 unspecified atom stereocenters. The van der Waals surface area contributed by atoms with E-state index in [2.05, 4.69) is 38.3 Å². The van der Waals surface area contributed by atoms with Gasteiger partial charge in [-0.15, -0.1) is 0 Å². The van der Waals surface area contributed by atoms with Crippen molar-refractivity contribution in [1.82, 2.24) is 0 Å². The second-order valence-electron chi connectivity index (χ2n) is 8.32. The fourth-order valence-electron chi connectivity index (χ4n) is 3.54. The zero-order valence-corrected chi connectivity index (χ0v) is 19.3. The van der Waals surface area contributed by atoms with Crippen LogP contribution >= 0.6 is 0 Å². The predicted octanol–water partition coefficient (Wildman–Crippen LogP) is 7.22. The van der Waals surface area contributed by atoms with Crippen LogP contribution in [0, 0.1) is 0 Å². The van der Waals surface area contributed by atoms with Crippen molar-refractivity contribution in [1.29, 1.82) is 0 Å². The van der Waals surface area contributed by atoms with Gasteiger partial charge < -0.3 is 10.6 Å². The molecule has 0 aliphatic heterocycles. The molecular formula is C28H32N2O2. The van der Waals surface area contributed by atoms with E-state index < -0.39 is 0 Å². The van der Waals surface area contributed by atoms with Gasteiger partial charge >= 0.3 is 0 Å². The highest BCUT2D eigenvalue weighted by Crippen LogP contribution is 2.23. The zero-order valence-electron chi connectivity index (χ0n) is 19.3. The van der Waals surface area contributed by atoms with Gasteiger partial charge in [0.05, 0.1) is 11.1 Å². The number of anilines is 2. The molecule has 2 N–H and O–H groups in total. The normalized spacial score (nSPS) is 12.6. The highest BCUT2D eigenvalue weighted by molar-refractivity contribution is 6.15. The van der Waals surface area contributed by atoms with Crippen molar-refractivity contribution in [2.75, 3.05) is 10.6 Å². The summed E-state index contributed by atoms with van der Waals surface area (Å²) in [5, 5.41) is 5.82. The highest BCUT2D eigenvalue weighted by atomic mass is 16.2. The van der Waals surface area contributed by atoms with Crippen LogP contribution < -0.4 is 10.6 Å². The van der Waals surface area contributed by atoms with E-state index in [1.807, 2.05) is 48.5 Å². The molecule has 3 aromatic carbocycles. The predicted molar refractivity (Wildman–Crippen MR) is 133 cm³/mol. The average molecular weight is 429 g/mol. The molecule has 32 heavy (non-hydrogen) atoms. The largest absolute Gasteiger partial charge is 0.322 e. The maximum Gasteiger partial charge on any atom is 0.256 e. The van der Waals surface area contributed by atoms with Gasteiger partial charge in [-0.05, 0) is 72.2 Å². The van der Waals surface area contributed by atoms with Gasteiger partial charge in [0.2, 0.25) is 0 Å². The molecular weight excluding hydrogens is 396 g/mol. The Morgan fingerprint density at radius 2 is 0.969 bits per heavy atom. The fraction of sp³-hybridized carbons (Fsp3) is 0.286. The van der Waals surface area contributed by atoms with Crippen molar-refractivity contribution in [3.63, 3.8) is 0 Å². The van der Waals surface area contributed by atoms with E-state index in [0.717, 1.165) is 12.8 Å². The molecule has 0 saturated carbocycles. The smallest absolute Gasteiger partial charge is 0.256 e. The molecule has 0 spiro atoms. The average Bonchev–Trinajstić information content (AvgIpc) is 2.83. The van der Waals surface area contributed by atoms with Crippen LogP contribution in [-0.2, 0) is 0 Å². The third kappa shape index (κ3) is 5.64. The van der Waals surface area contributed by atoms with Gasteiger partial charge in [0.25, 0.3) is 11.8 Å². The zero-order chi connectivity index (χ0) is 23.1. The third-order valence-electron chi connectivity index (χ3n) is 6.12. The number of hydrogen-bond donors (Lipinski definition) is 2. The molecule has 2 amide bonds. The maximum atomic E-state index is 12.9. The Morgan fingerprint density at radius 1 is 0.625 bits per heavy atom. The van der Waals surface area contributed by atoms with Crippen LogP contribution in [0.15, 0.2) is 72.8 Å². The van der Waals surface area contributed by atoms with Crippen molar-refractivity contribution in [3.8, 4) is 0 Å². The lowest BCUT2D eigenvalue weighted by atomic mass is 9.98. The molecule has 0 fully saturated rings. The van der Waals surface area contributed by atoms with Crippen LogP contribution in [0.1, 0.15) is 84.2 Å². The summed E-state index contributed by atoms with van der Waals surface area (Å²) in [5.74, 6) is 0.338. The second kappa shape index (κ2) is 10.8. The molecule has 2 atom stereocenters. The minimum Gasteiger partial charge on any atom is -0.322 e. The van der Waals surface area contributed by atoms with E-state index in [4.69, 9.17) is 0 Å². The quantitative estimate of drug-likeness (QED) is 0.398. The van der Waals surface area contributed by atoms with Crippen LogP contribution in [0.3, 0.4) is 0 Å². The lowest BCUT2D eigenvalue weighted by Crippen LogP contribution is -2.20. The summed E-state index contributed by atoms with van der Waals surface area (Å²) < 4.78 is 0. The monoisotopic (exact) mass is 428 g/mol. The van der Waals surface area contributed by atoms with Crippen LogP contribution in [-0.4, -0.2) is 11.8 Å². The first-order valence-electron chi connectivity index (χ1n) is 11.3. The topological polar surface area (TPSA) is 58.2 Å². The SMILES string of the molecule is CCC(C)c1ccc(NC(=O)c2ccccc2C(=O)Nc2ccc(C(C)CC)cc2)cc1. The molecule has 0 heterocycles. The first-order valence-corrected chi connectivity index (χ1v) is 11.3. The Labute approximate surface area is 191 Å². The number of rotatable bonds is 8. The Balaban J connectivity index is 1.73. The summed E-state index contributed by atoms with van der Waals surface area (Å²) in [4.78, 5) is 25.9. The van der Waals surface area contributed by atoms with Crippen molar-refractivity contribution < 1.29 is 9.59 Å². The van der Waals surface area contributed by atoms with E-state index in [0.29, 0.717) is 34.3 Å². The van der Waals surface area contributed by atoms with Gasteiger partial charge in [-0.3, -0.25) is 9.59 Å². The van der Waals surface area contributed by atoms with E-state index in [-0.39, 0.29) is 11.8 Å². The molecule has 4 nitrogen and oxygen atoms in total. The minimum atomic E-state index is -0.306. The Kier molecular flexibility index (Phi) is 7.82. The molecule has 0 saturated heterocycles. The highest BCUT2D eigenvalue weighted by Gasteiger charge is 2.17. The van der Waals surface area contributed by atoms with Crippen LogP contribution in [0.4, 0.5) is 11.4 Å². The number of hydrogen-bond acceptors (Lipinski definition) is 2. The van der Waals surface area contributed by atoms with Crippen molar-refractivity contribution in [3.05, 3.63) is 95.1 Å². The molecule has 3 rings (SSSR count). The van der Waals surface area contributed by atoms with Gasteiger partial charge in [0, 0.05) is 11.4 Å². The molecule has 0 aromatic heterocycles. The third-order valence-corrected chi connectivity index (χ3v) is 6.12. The summed E-state index contributed by atoms with van der Waals surface area (Å²) in [6.45, 7) is 8.67. The first-order chi connectivity index (χ1) is 15.4. The number of carbonyl (C=O) groups excluding carboxylic acids is 2. The lowest BCUT2D eigenvalue weighted by molar-refractivity contribution is 0.0990. The van der Waals surface area contributed by atoms with Crippen molar-refractivity contribution >= 4 is 23.2 Å². The molecule has 166 valence electrons. The fourth-order valence-corrected chi connectivity index (χ4v) is 3.54. The summed E-state index contributed by atoms with van der Waals surface area (Å²) in [7, 11) is 0. The second-order valence-corrected chi connectivity index (χ2v) is 8.32. The Morgan fingerprint density at radius 3 is 1.28 bits per heavy atom. The van der Waals surface area contributed by atoms with Crippen molar-refractivity contribution in [2.45, 2.75) is 52.4 Å². The summed E-state index contributed by atoms with van der Waals surface area (Å²) in [6, 6.07) is 22.6. The van der Waals surface area contributed by atoms with E-state index in [1.54, 1.807) is 24.3 Å². The van der Waals surface area contributed by atoms with Gasteiger partial charge in [-0.1, -0.05) is 64.1 Å². The van der Waals surface area contributed by atoms with E-state index >= 15 is 0 Å². The standard InChI is InChI=1S/C28H32N2O2/c1-5-19(3)21-11-15-23(16-12-21)29-27(31)25-9-7-8-10-26(25)28(32)30-24-17-13-22(14-18-24)20(4)6-2/h7-20H,5-6H2,1-4H3,(H,29,31)(H,30,32). The van der Waals surface area contributed by atoms with Crippen LogP contribution in [0.25, 0.3) is 0 Å². The number of amides is 2. The lowest BCUT2D eigenvalue weighted by Gasteiger charge is -2.13. The van der Waals surface area contributed by atoms with Gasteiger partial charge in [-0.2, -0.15) is 0 Å². The van der Waals surface area contributed by atoms with Gasteiger partial charge in [0.15, 0.2) is 0 Å².